The van der Waals surface area contributed by atoms with Crippen LogP contribution < -0.4 is 16.3 Å². The molecule has 0 aliphatic heterocycles. The van der Waals surface area contributed by atoms with Crippen molar-refractivity contribution in [3.05, 3.63) is 31.3 Å². The highest BCUT2D eigenvalue weighted by Crippen LogP contribution is 2.25. The normalized spacial score (nSPS) is 11.3. The van der Waals surface area contributed by atoms with Crippen LogP contribution in [0.4, 0.5) is 4.79 Å². The van der Waals surface area contributed by atoms with Crippen LogP contribution in [-0.2, 0) is 4.74 Å². The predicted octanol–water partition coefficient (Wildman–Crippen LogP) is 1.43. The lowest BCUT2D eigenvalue weighted by atomic mass is 10.2. The highest BCUT2D eigenvalue weighted by molar-refractivity contribution is 7.19. The van der Waals surface area contributed by atoms with Crippen LogP contribution in [0.1, 0.15) is 31.2 Å². The number of carbonyl (C=O) groups is 1. The number of hydrogen-bond acceptors (Lipinski definition) is 6. The fourth-order valence-electron chi connectivity index (χ4n) is 2.00. The molecule has 8 nitrogen and oxygen atoms in total. The van der Waals surface area contributed by atoms with Crippen molar-refractivity contribution in [2.75, 3.05) is 12.1 Å². The van der Waals surface area contributed by atoms with E-state index in [-0.39, 0.29) is 5.39 Å². The van der Waals surface area contributed by atoms with E-state index in [9.17, 15) is 14.4 Å². The van der Waals surface area contributed by atoms with Crippen LogP contribution in [-0.4, -0.2) is 28.4 Å². The van der Waals surface area contributed by atoms with Gasteiger partial charge in [-0.2, -0.15) is 9.94 Å². The summed E-state index contributed by atoms with van der Waals surface area (Å²) in [5, 5.41) is 10.1. The molecule has 0 fully saturated rings. The molecular formula is C14H16N4O4S. The van der Waals surface area contributed by atoms with E-state index >= 15 is 0 Å². The second-order valence-corrected chi connectivity index (χ2v) is 6.94. The zero-order valence-electron chi connectivity index (χ0n) is 13.4. The van der Waals surface area contributed by atoms with Crippen molar-refractivity contribution in [3.8, 4) is 6.07 Å². The van der Waals surface area contributed by atoms with Crippen LogP contribution in [0.5, 0.6) is 0 Å². The molecular weight excluding hydrogens is 320 g/mol. The number of carbonyl (C=O) groups excluding carboxylic acids is 1. The Labute approximate surface area is 135 Å². The average molecular weight is 336 g/mol. The maximum Gasteiger partial charge on any atom is 0.429 e. The van der Waals surface area contributed by atoms with Crippen molar-refractivity contribution in [2.45, 2.75) is 33.3 Å². The molecule has 0 aliphatic rings. The Bertz CT molecular complexity index is 939. The van der Waals surface area contributed by atoms with Gasteiger partial charge >= 0.3 is 11.8 Å². The Morgan fingerprint density at radius 1 is 1.39 bits per heavy atom. The number of aryl methyl sites for hydroxylation is 1. The van der Waals surface area contributed by atoms with Gasteiger partial charge in [0.05, 0.1) is 5.39 Å². The van der Waals surface area contributed by atoms with Crippen molar-refractivity contribution < 1.29 is 9.53 Å². The molecule has 0 unspecified atom stereocenters. The minimum Gasteiger partial charge on any atom is -0.442 e. The number of ether oxygens (including phenoxy) is 1. The highest BCUT2D eigenvalue weighted by Gasteiger charge is 2.24. The number of fused-ring (bicyclic) bond motifs is 1. The summed E-state index contributed by atoms with van der Waals surface area (Å²) in [4.78, 5) is 40.0. The van der Waals surface area contributed by atoms with Crippen molar-refractivity contribution in [1.29, 1.82) is 5.26 Å². The van der Waals surface area contributed by atoms with Gasteiger partial charge in [0, 0.05) is 7.05 Å². The van der Waals surface area contributed by atoms with Gasteiger partial charge < -0.3 is 4.74 Å². The number of nitrogens with one attached hydrogen (secondary N) is 1. The summed E-state index contributed by atoms with van der Waals surface area (Å²) in [5.74, 6) is 0. The number of aromatic nitrogens is 2. The molecule has 2 rings (SSSR count). The molecule has 0 saturated heterocycles. The Balaban J connectivity index is 2.65. The lowest BCUT2D eigenvalue weighted by molar-refractivity contribution is 0.0546. The van der Waals surface area contributed by atoms with Gasteiger partial charge in [-0.25, -0.2) is 14.6 Å². The minimum atomic E-state index is -0.835. The monoisotopic (exact) mass is 336 g/mol. The first-order valence-corrected chi connectivity index (χ1v) is 7.54. The SMILES string of the molecule is Cc1c(C#N)sc2[nH]c(=O)n(N(C)C(=O)OC(C)(C)C)c(=O)c12. The van der Waals surface area contributed by atoms with Gasteiger partial charge in [0.15, 0.2) is 0 Å². The first kappa shape index (κ1) is 16.8. The van der Waals surface area contributed by atoms with E-state index in [1.807, 2.05) is 6.07 Å². The molecule has 0 radical (unpaired) electrons. The third-order valence-corrected chi connectivity index (χ3v) is 4.14. The first-order chi connectivity index (χ1) is 10.6. The van der Waals surface area contributed by atoms with E-state index in [1.54, 1.807) is 27.7 Å². The third kappa shape index (κ3) is 2.98. The van der Waals surface area contributed by atoms with Gasteiger partial charge in [-0.15, -0.1) is 11.3 Å². The van der Waals surface area contributed by atoms with E-state index in [0.29, 0.717) is 19.9 Å². The van der Waals surface area contributed by atoms with Crippen LogP contribution in [0, 0.1) is 18.3 Å². The van der Waals surface area contributed by atoms with E-state index in [4.69, 9.17) is 10.00 Å². The molecule has 0 aliphatic carbocycles. The molecule has 0 atom stereocenters. The molecule has 2 aromatic rings. The summed E-state index contributed by atoms with van der Waals surface area (Å²) in [6, 6.07) is 1.98. The number of amides is 1. The Morgan fingerprint density at radius 3 is 2.52 bits per heavy atom. The first-order valence-electron chi connectivity index (χ1n) is 6.72. The number of aromatic amines is 1. The smallest absolute Gasteiger partial charge is 0.429 e. The summed E-state index contributed by atoms with van der Waals surface area (Å²) >= 11 is 1.03. The zero-order valence-corrected chi connectivity index (χ0v) is 14.2. The Morgan fingerprint density at radius 2 is 2.00 bits per heavy atom. The number of nitrogens with zero attached hydrogens (tertiary/aromatic N) is 3. The van der Waals surface area contributed by atoms with Crippen LogP contribution in [0.3, 0.4) is 0 Å². The fraction of sp³-hybridized carbons (Fsp3) is 0.429. The molecule has 2 aromatic heterocycles. The number of hydrogen-bond donors (Lipinski definition) is 1. The topological polar surface area (TPSA) is 108 Å². The van der Waals surface area contributed by atoms with E-state index in [1.165, 1.54) is 7.05 Å². The third-order valence-electron chi connectivity index (χ3n) is 3.03. The largest absolute Gasteiger partial charge is 0.442 e. The molecule has 0 aromatic carbocycles. The molecule has 122 valence electrons. The van der Waals surface area contributed by atoms with Gasteiger partial charge in [-0.05, 0) is 33.3 Å². The standard InChI is InChI=1S/C14H16N4O4S/c1-7-8(6-15)23-10-9(7)11(19)18(12(20)16-10)17(5)13(21)22-14(2,3)4/h1-5H3,(H,16,20). The number of rotatable bonds is 1. The maximum atomic E-state index is 12.6. The van der Waals surface area contributed by atoms with E-state index in [2.05, 4.69) is 4.98 Å². The minimum absolute atomic E-state index is 0.210. The van der Waals surface area contributed by atoms with E-state index in [0.717, 1.165) is 16.3 Å². The summed E-state index contributed by atoms with van der Waals surface area (Å²) in [7, 11) is 1.27. The van der Waals surface area contributed by atoms with Crippen molar-refractivity contribution in [2.24, 2.45) is 0 Å². The molecule has 0 saturated carbocycles. The number of nitriles is 1. The lowest BCUT2D eigenvalue weighted by Crippen LogP contribution is -2.52. The number of H-pyrrole nitrogens is 1. The maximum absolute atomic E-state index is 12.6. The van der Waals surface area contributed by atoms with Crippen LogP contribution in [0.15, 0.2) is 9.59 Å². The molecule has 9 heteroatoms. The fourth-order valence-corrected chi connectivity index (χ4v) is 2.98. The summed E-state index contributed by atoms with van der Waals surface area (Å²) in [6.45, 7) is 6.65. The molecule has 1 N–H and O–H groups in total. The van der Waals surface area contributed by atoms with E-state index < -0.39 is 22.9 Å². The Kier molecular flexibility index (Phi) is 4.05. The molecule has 0 bridgehead atoms. The second kappa shape index (κ2) is 5.55. The molecule has 23 heavy (non-hydrogen) atoms. The molecule has 0 spiro atoms. The summed E-state index contributed by atoms with van der Waals surface area (Å²) < 4.78 is 5.82. The van der Waals surface area contributed by atoms with Crippen LogP contribution in [0.25, 0.3) is 10.2 Å². The summed E-state index contributed by atoms with van der Waals surface area (Å²) in [6.07, 6.45) is -0.835. The van der Waals surface area contributed by atoms with Gasteiger partial charge in [-0.3, -0.25) is 9.78 Å². The zero-order chi connectivity index (χ0) is 17.5. The van der Waals surface area contributed by atoms with Crippen molar-refractivity contribution >= 4 is 27.6 Å². The van der Waals surface area contributed by atoms with Crippen molar-refractivity contribution in [1.82, 2.24) is 9.66 Å². The second-order valence-electron chi connectivity index (χ2n) is 5.92. The lowest BCUT2D eigenvalue weighted by Gasteiger charge is -2.24. The Hall–Kier alpha value is -2.60. The quantitative estimate of drug-likeness (QED) is 0.847. The van der Waals surface area contributed by atoms with Gasteiger partial charge in [0.25, 0.3) is 5.56 Å². The van der Waals surface area contributed by atoms with Gasteiger partial charge in [0.2, 0.25) is 0 Å². The molecule has 1 amide bonds. The molecule has 2 heterocycles. The van der Waals surface area contributed by atoms with Gasteiger partial charge in [0.1, 0.15) is 21.4 Å². The van der Waals surface area contributed by atoms with Crippen LogP contribution >= 0.6 is 11.3 Å². The number of thiophene rings is 1. The summed E-state index contributed by atoms with van der Waals surface area (Å²) in [5.41, 5.74) is -1.74. The van der Waals surface area contributed by atoms with Gasteiger partial charge in [-0.1, -0.05) is 0 Å². The van der Waals surface area contributed by atoms with Crippen molar-refractivity contribution in [3.63, 3.8) is 0 Å². The predicted molar refractivity (Wildman–Crippen MR) is 86.5 cm³/mol. The average Bonchev–Trinajstić information content (AvgIpc) is 2.72. The van der Waals surface area contributed by atoms with Crippen LogP contribution in [0.2, 0.25) is 0 Å². The highest BCUT2D eigenvalue weighted by atomic mass is 32.1.